The number of benzene rings is 2. The molecule has 0 unspecified atom stereocenters. The Bertz CT molecular complexity index is 1100. The van der Waals surface area contributed by atoms with Crippen LogP contribution in [-0.4, -0.2) is 40.4 Å². The lowest BCUT2D eigenvalue weighted by molar-refractivity contribution is 0.300. The van der Waals surface area contributed by atoms with Crippen molar-refractivity contribution in [1.29, 1.82) is 0 Å². The highest BCUT2D eigenvalue weighted by Gasteiger charge is 2.15. The molecule has 0 amide bonds. The number of anilines is 1. The molecule has 0 atom stereocenters. The van der Waals surface area contributed by atoms with Gasteiger partial charge in [0.2, 0.25) is 11.2 Å². The highest BCUT2D eigenvalue weighted by Crippen LogP contribution is 2.26. The first-order valence-corrected chi connectivity index (χ1v) is 10.8. The fourth-order valence-electron chi connectivity index (χ4n) is 3.10. The molecule has 1 aromatic heterocycles. The normalized spacial score (nSPS) is 11.2. The molecule has 4 N–H and O–H groups in total. The van der Waals surface area contributed by atoms with Crippen LogP contribution in [-0.2, 0) is 0 Å². The van der Waals surface area contributed by atoms with E-state index in [1.165, 1.54) is 0 Å². The van der Waals surface area contributed by atoms with Crippen molar-refractivity contribution < 1.29 is 13.9 Å². The van der Waals surface area contributed by atoms with Crippen LogP contribution < -0.4 is 31.3 Å². The van der Waals surface area contributed by atoms with Gasteiger partial charge in [0, 0.05) is 25.8 Å². The van der Waals surface area contributed by atoms with Crippen LogP contribution in [0.25, 0.3) is 23.1 Å². The van der Waals surface area contributed by atoms with Gasteiger partial charge in [0.1, 0.15) is 11.3 Å². The first-order valence-electron chi connectivity index (χ1n) is 10.8. The fraction of sp³-hybridized carbons (Fsp3) is 0.320. The number of hydrogen-bond donors (Lipinski definition) is 2. The number of hydrogen-bond acceptors (Lipinski definition) is 7. The first-order chi connectivity index (χ1) is 15.5. The number of nitrogens with zero attached hydrogens (tertiary/aromatic N) is 1. The van der Waals surface area contributed by atoms with Crippen molar-refractivity contribution in [3.8, 4) is 11.5 Å². The topological polar surface area (TPSA) is 104 Å². The van der Waals surface area contributed by atoms with Crippen LogP contribution in [0.1, 0.15) is 24.2 Å². The quantitative estimate of drug-likeness (QED) is 0.443. The maximum absolute atomic E-state index is 13.1. The molecule has 7 heteroatoms. The monoisotopic (exact) mass is 437 g/mol. The van der Waals surface area contributed by atoms with Crippen LogP contribution in [0.4, 0.5) is 5.69 Å². The summed E-state index contributed by atoms with van der Waals surface area (Å²) in [6.07, 6.45) is 5.03. The van der Waals surface area contributed by atoms with Crippen molar-refractivity contribution >= 4 is 28.8 Å². The van der Waals surface area contributed by atoms with Crippen LogP contribution in [0.3, 0.4) is 0 Å². The van der Waals surface area contributed by atoms with Gasteiger partial charge in [0.15, 0.2) is 5.76 Å². The third-order valence-electron chi connectivity index (χ3n) is 4.90. The van der Waals surface area contributed by atoms with E-state index >= 15 is 0 Å². The lowest BCUT2D eigenvalue weighted by Gasteiger charge is -2.12. The molecule has 3 rings (SSSR count). The molecule has 170 valence electrons. The zero-order chi connectivity index (χ0) is 22.9. The minimum absolute atomic E-state index is 0.184. The van der Waals surface area contributed by atoms with Gasteiger partial charge in [-0.1, -0.05) is 18.2 Å². The van der Waals surface area contributed by atoms with Crippen molar-refractivity contribution in [3.05, 3.63) is 64.0 Å². The van der Waals surface area contributed by atoms with Gasteiger partial charge >= 0.3 is 0 Å². The second-order valence-electron chi connectivity index (χ2n) is 7.58. The molecule has 0 aliphatic carbocycles. The summed E-state index contributed by atoms with van der Waals surface area (Å²) in [5.41, 5.74) is 13.4. The summed E-state index contributed by atoms with van der Waals surface area (Å²) >= 11 is 0. The average molecular weight is 438 g/mol. The van der Waals surface area contributed by atoms with Gasteiger partial charge in [-0.25, -0.2) is 0 Å². The van der Waals surface area contributed by atoms with Gasteiger partial charge in [-0.15, -0.1) is 0 Å². The molecular formula is C25H31N3O4. The van der Waals surface area contributed by atoms with Crippen LogP contribution in [0.15, 0.2) is 51.7 Å². The lowest BCUT2D eigenvalue weighted by Crippen LogP contribution is -2.13. The van der Waals surface area contributed by atoms with Crippen molar-refractivity contribution in [2.24, 2.45) is 11.5 Å². The minimum Gasteiger partial charge on any atom is -0.493 e. The van der Waals surface area contributed by atoms with E-state index in [0.717, 1.165) is 17.7 Å². The SMILES string of the molecule is CN(C)c1ccc(/C=C/c2oc3cc(OCCCN)ccc3c(=O)c2OCCCN)cc1. The Labute approximate surface area is 188 Å². The van der Waals surface area contributed by atoms with Crippen LogP contribution >= 0.6 is 0 Å². The third kappa shape index (κ3) is 5.90. The van der Waals surface area contributed by atoms with Gasteiger partial charge in [0.05, 0.1) is 18.6 Å². The summed E-state index contributed by atoms with van der Waals surface area (Å²) in [5.74, 6) is 1.17. The summed E-state index contributed by atoms with van der Waals surface area (Å²) in [6, 6.07) is 13.2. The number of ether oxygens (including phenoxy) is 2. The molecule has 0 aliphatic heterocycles. The number of rotatable bonds is 11. The predicted octanol–water partition coefficient (Wildman–Crippen LogP) is 3.48. The highest BCUT2D eigenvalue weighted by molar-refractivity contribution is 5.82. The highest BCUT2D eigenvalue weighted by atomic mass is 16.5. The standard InChI is InChI=1S/C25H31N3O4/c1-28(2)19-8-5-18(6-9-19)7-12-22-25(31-16-4-14-27)24(29)21-11-10-20(17-23(21)32-22)30-15-3-13-26/h5-12,17H,3-4,13-16,26-27H2,1-2H3/b12-7+. The smallest absolute Gasteiger partial charge is 0.235 e. The number of nitrogens with two attached hydrogens (primary N) is 2. The van der Waals surface area contributed by atoms with Crippen LogP contribution in [0.2, 0.25) is 0 Å². The van der Waals surface area contributed by atoms with Gasteiger partial charge in [0.25, 0.3) is 0 Å². The van der Waals surface area contributed by atoms with E-state index in [1.54, 1.807) is 24.3 Å². The van der Waals surface area contributed by atoms with E-state index in [0.29, 0.717) is 55.2 Å². The van der Waals surface area contributed by atoms with E-state index in [-0.39, 0.29) is 11.2 Å². The predicted molar refractivity (Wildman–Crippen MR) is 131 cm³/mol. The Kier molecular flexibility index (Phi) is 8.30. The molecular weight excluding hydrogens is 406 g/mol. The van der Waals surface area contributed by atoms with E-state index in [2.05, 4.69) is 0 Å². The largest absolute Gasteiger partial charge is 0.493 e. The summed E-state index contributed by atoms with van der Waals surface area (Å²) in [5, 5.41) is 0.436. The third-order valence-corrected chi connectivity index (χ3v) is 4.90. The zero-order valence-electron chi connectivity index (χ0n) is 18.7. The minimum atomic E-state index is -0.223. The molecule has 0 saturated heterocycles. The second kappa shape index (κ2) is 11.4. The summed E-state index contributed by atoms with van der Waals surface area (Å²) in [7, 11) is 3.99. The van der Waals surface area contributed by atoms with Gasteiger partial charge < -0.3 is 30.3 Å². The first kappa shape index (κ1) is 23.4. The van der Waals surface area contributed by atoms with Crippen LogP contribution in [0.5, 0.6) is 11.5 Å². The second-order valence-corrected chi connectivity index (χ2v) is 7.58. The number of fused-ring (bicyclic) bond motifs is 1. The molecule has 0 fully saturated rings. The maximum atomic E-state index is 13.1. The molecule has 0 bridgehead atoms. The van der Waals surface area contributed by atoms with Crippen LogP contribution in [0, 0.1) is 0 Å². The van der Waals surface area contributed by atoms with Gasteiger partial charge in [-0.3, -0.25) is 4.79 Å². The van der Waals surface area contributed by atoms with E-state index in [4.69, 9.17) is 25.4 Å². The Morgan fingerprint density at radius 2 is 1.62 bits per heavy atom. The van der Waals surface area contributed by atoms with Gasteiger partial charge in [-0.2, -0.15) is 0 Å². The van der Waals surface area contributed by atoms with Crippen molar-refractivity contribution in [2.75, 3.05) is 45.3 Å². The average Bonchev–Trinajstić information content (AvgIpc) is 2.79. The molecule has 7 nitrogen and oxygen atoms in total. The Balaban J connectivity index is 1.97. The maximum Gasteiger partial charge on any atom is 0.235 e. The van der Waals surface area contributed by atoms with E-state index in [9.17, 15) is 4.79 Å². The molecule has 0 aliphatic rings. The zero-order valence-corrected chi connectivity index (χ0v) is 18.7. The fourth-order valence-corrected chi connectivity index (χ4v) is 3.10. The van der Waals surface area contributed by atoms with E-state index in [1.807, 2.05) is 49.3 Å². The van der Waals surface area contributed by atoms with Crippen molar-refractivity contribution in [1.82, 2.24) is 0 Å². The Hall–Kier alpha value is -3.29. The van der Waals surface area contributed by atoms with E-state index < -0.39 is 0 Å². The Morgan fingerprint density at radius 3 is 2.28 bits per heavy atom. The molecule has 2 aromatic carbocycles. The molecule has 0 radical (unpaired) electrons. The summed E-state index contributed by atoms with van der Waals surface area (Å²) in [6.45, 7) is 1.87. The molecule has 32 heavy (non-hydrogen) atoms. The molecule has 1 heterocycles. The summed E-state index contributed by atoms with van der Waals surface area (Å²) in [4.78, 5) is 15.2. The molecule has 0 saturated carbocycles. The summed E-state index contributed by atoms with van der Waals surface area (Å²) < 4.78 is 17.5. The molecule has 3 aromatic rings. The Morgan fingerprint density at radius 1 is 0.938 bits per heavy atom. The van der Waals surface area contributed by atoms with Crippen molar-refractivity contribution in [3.63, 3.8) is 0 Å². The van der Waals surface area contributed by atoms with Gasteiger partial charge in [-0.05, 0) is 61.8 Å². The molecule has 0 spiro atoms. The lowest BCUT2D eigenvalue weighted by atomic mass is 10.1. The van der Waals surface area contributed by atoms with Crippen molar-refractivity contribution in [2.45, 2.75) is 12.8 Å².